The molecule has 0 saturated heterocycles. The van der Waals surface area contributed by atoms with E-state index in [0.717, 1.165) is 37.0 Å². The van der Waals surface area contributed by atoms with Gasteiger partial charge < -0.3 is 10.4 Å². The second kappa shape index (κ2) is 6.44. The number of benzene rings is 1. The molecule has 7 heteroatoms. The Kier molecular flexibility index (Phi) is 4.40. The molecular weight excluding hydrogens is 361 g/mol. The van der Waals surface area contributed by atoms with E-state index in [1.54, 1.807) is 6.07 Å². The van der Waals surface area contributed by atoms with E-state index in [4.69, 9.17) is 23.2 Å². The highest BCUT2D eigenvalue weighted by atomic mass is 35.5. The fourth-order valence-corrected chi connectivity index (χ4v) is 5.97. The predicted octanol–water partition coefficient (Wildman–Crippen LogP) is 5.33. The predicted molar refractivity (Wildman–Crippen MR) is 96.1 cm³/mol. The summed E-state index contributed by atoms with van der Waals surface area (Å²) in [6.07, 6.45) is 7.20. The van der Waals surface area contributed by atoms with Gasteiger partial charge in [0, 0.05) is 16.1 Å². The number of aromatic hydroxyl groups is 1. The van der Waals surface area contributed by atoms with Crippen LogP contribution in [0.15, 0.2) is 22.4 Å². The van der Waals surface area contributed by atoms with Crippen molar-refractivity contribution < 1.29 is 9.90 Å². The van der Waals surface area contributed by atoms with Crippen LogP contribution in [0.3, 0.4) is 0 Å². The number of azo groups is 1. The van der Waals surface area contributed by atoms with Gasteiger partial charge in [-0.1, -0.05) is 28.3 Å². The molecule has 4 saturated carbocycles. The summed E-state index contributed by atoms with van der Waals surface area (Å²) in [5, 5.41) is 21.3. The van der Waals surface area contributed by atoms with Gasteiger partial charge in [-0.3, -0.25) is 0 Å². The normalized spacial score (nSPS) is 33.1. The number of urea groups is 1. The van der Waals surface area contributed by atoms with Crippen molar-refractivity contribution in [2.24, 2.45) is 28.0 Å². The molecule has 4 fully saturated rings. The zero-order chi connectivity index (χ0) is 17.6. The zero-order valence-corrected chi connectivity index (χ0v) is 15.4. The molecule has 0 spiro atoms. The molecular formula is C18H21Cl2N3O2. The number of carbonyl (C=O) groups is 1. The van der Waals surface area contributed by atoms with Gasteiger partial charge in [-0.2, -0.15) is 5.11 Å². The molecule has 1 aromatic carbocycles. The molecule has 25 heavy (non-hydrogen) atoms. The van der Waals surface area contributed by atoms with Crippen molar-refractivity contribution in [3.8, 4) is 5.75 Å². The van der Waals surface area contributed by atoms with Crippen molar-refractivity contribution in [2.45, 2.75) is 50.6 Å². The zero-order valence-electron chi connectivity index (χ0n) is 13.8. The van der Waals surface area contributed by atoms with E-state index in [2.05, 4.69) is 15.5 Å². The Morgan fingerprint density at radius 2 is 1.76 bits per heavy atom. The molecule has 5 rings (SSSR count). The van der Waals surface area contributed by atoms with E-state index in [9.17, 15) is 9.90 Å². The number of hydrogen-bond donors (Lipinski definition) is 2. The first kappa shape index (κ1) is 17.1. The molecule has 2 N–H and O–H groups in total. The minimum Gasteiger partial charge on any atom is -0.506 e. The summed E-state index contributed by atoms with van der Waals surface area (Å²) in [5.41, 5.74) is 0.371. The summed E-state index contributed by atoms with van der Waals surface area (Å²) in [6.45, 7) is 0.0560. The summed E-state index contributed by atoms with van der Waals surface area (Å²) in [7, 11) is 0. The average molecular weight is 382 g/mol. The lowest BCUT2D eigenvalue weighted by molar-refractivity contribution is -0.0130. The Balaban J connectivity index is 1.39. The average Bonchev–Trinajstić information content (AvgIpc) is 2.50. The first-order chi connectivity index (χ1) is 11.9. The minimum absolute atomic E-state index is 0.0560. The number of phenols is 1. The lowest BCUT2D eigenvalue weighted by atomic mass is 9.53. The third-order valence-corrected chi connectivity index (χ3v) is 6.43. The fraction of sp³-hybridized carbons (Fsp3) is 0.611. The van der Waals surface area contributed by atoms with Gasteiger partial charge in [-0.05, 0) is 68.4 Å². The molecule has 4 bridgehead atoms. The summed E-state index contributed by atoms with van der Waals surface area (Å²) >= 11 is 11.8. The third-order valence-electron chi connectivity index (χ3n) is 5.92. The third kappa shape index (κ3) is 3.49. The highest BCUT2D eigenvalue weighted by molar-refractivity contribution is 6.35. The second-order valence-corrected chi connectivity index (χ2v) is 8.77. The molecule has 1 aromatic rings. The van der Waals surface area contributed by atoms with Gasteiger partial charge in [0.2, 0.25) is 0 Å². The Morgan fingerprint density at radius 1 is 1.16 bits per heavy atom. The van der Waals surface area contributed by atoms with E-state index in [0.29, 0.717) is 10.6 Å². The Labute approximate surface area is 156 Å². The van der Waals surface area contributed by atoms with E-state index >= 15 is 0 Å². The van der Waals surface area contributed by atoms with Crippen LogP contribution in [0.1, 0.15) is 44.1 Å². The van der Waals surface area contributed by atoms with Crippen molar-refractivity contribution in [1.82, 2.24) is 5.32 Å². The van der Waals surface area contributed by atoms with Crippen LogP contribution in [0.2, 0.25) is 10.0 Å². The van der Waals surface area contributed by atoms with Crippen LogP contribution in [0.25, 0.3) is 0 Å². The van der Waals surface area contributed by atoms with Gasteiger partial charge >= 0.3 is 6.03 Å². The van der Waals surface area contributed by atoms with Gasteiger partial charge in [0.25, 0.3) is 0 Å². The maximum Gasteiger partial charge on any atom is 0.359 e. The van der Waals surface area contributed by atoms with Crippen molar-refractivity contribution in [1.29, 1.82) is 0 Å². The van der Waals surface area contributed by atoms with Gasteiger partial charge in [-0.15, -0.1) is 0 Å². The Bertz CT molecular complexity index is 700. The second-order valence-electron chi connectivity index (χ2n) is 7.92. The van der Waals surface area contributed by atoms with Crippen molar-refractivity contribution in [3.63, 3.8) is 0 Å². The number of halogens is 2. The molecule has 0 heterocycles. The number of nitrogens with one attached hydrogen (secondary N) is 1. The van der Waals surface area contributed by atoms with Gasteiger partial charge in [0.05, 0.1) is 11.6 Å². The van der Waals surface area contributed by atoms with Gasteiger partial charge in [-0.25, -0.2) is 4.79 Å². The van der Waals surface area contributed by atoms with Crippen LogP contribution in [-0.2, 0) is 6.54 Å². The van der Waals surface area contributed by atoms with E-state index in [1.165, 1.54) is 25.3 Å². The van der Waals surface area contributed by atoms with Crippen molar-refractivity contribution in [2.75, 3.05) is 0 Å². The van der Waals surface area contributed by atoms with Crippen LogP contribution >= 0.6 is 23.2 Å². The summed E-state index contributed by atoms with van der Waals surface area (Å²) in [6, 6.07) is 2.63. The topological polar surface area (TPSA) is 74.0 Å². The number of amides is 2. The molecule has 0 aromatic heterocycles. The molecule has 0 aliphatic heterocycles. The van der Waals surface area contributed by atoms with Crippen molar-refractivity contribution in [3.05, 3.63) is 27.7 Å². The van der Waals surface area contributed by atoms with Gasteiger partial charge in [0.15, 0.2) is 0 Å². The summed E-state index contributed by atoms with van der Waals surface area (Å²) < 4.78 is 0. The number of nitrogens with zero attached hydrogens (tertiary/aromatic N) is 2. The smallest absolute Gasteiger partial charge is 0.359 e. The molecule has 0 atom stereocenters. The first-order valence-electron chi connectivity index (χ1n) is 8.79. The van der Waals surface area contributed by atoms with Crippen LogP contribution in [0, 0.1) is 17.8 Å². The summed E-state index contributed by atoms with van der Waals surface area (Å²) in [5.74, 6) is 2.20. The maximum atomic E-state index is 12.3. The number of rotatable bonds is 3. The SMILES string of the molecule is O=C(N=NCc1cc(Cl)cc(Cl)c1O)NC12CC3CC(CC(C3)C1)C2. The van der Waals surface area contributed by atoms with Crippen LogP contribution in [-0.4, -0.2) is 16.7 Å². The largest absolute Gasteiger partial charge is 0.506 e. The molecule has 0 unspecified atom stereocenters. The monoisotopic (exact) mass is 381 g/mol. The maximum absolute atomic E-state index is 12.3. The van der Waals surface area contributed by atoms with Crippen LogP contribution in [0.5, 0.6) is 5.75 Å². The molecule has 4 aliphatic carbocycles. The Morgan fingerprint density at radius 3 is 2.36 bits per heavy atom. The quantitative estimate of drug-likeness (QED) is 0.694. The van der Waals surface area contributed by atoms with Crippen LogP contribution in [0.4, 0.5) is 4.79 Å². The molecule has 2 amide bonds. The molecule has 134 valence electrons. The number of phenolic OH excluding ortho intramolecular Hbond substituents is 1. The summed E-state index contributed by atoms with van der Waals surface area (Å²) in [4.78, 5) is 12.3. The number of hydrogen-bond acceptors (Lipinski definition) is 3. The van der Waals surface area contributed by atoms with E-state index < -0.39 is 6.03 Å². The molecule has 4 aliphatic rings. The standard InChI is InChI=1S/C18H21Cl2N3O2/c19-14-4-13(16(24)15(20)5-14)9-21-23-17(25)22-18-6-10-1-11(7-18)3-12(2-10)8-18/h4-5,10-12,24H,1-3,6-9H2,(H,22,25). The molecule has 0 radical (unpaired) electrons. The highest BCUT2D eigenvalue weighted by Gasteiger charge is 2.51. The Hall–Kier alpha value is -1.33. The van der Waals surface area contributed by atoms with Crippen molar-refractivity contribution >= 4 is 29.2 Å². The fourth-order valence-electron chi connectivity index (χ4n) is 5.43. The highest BCUT2D eigenvalue weighted by Crippen LogP contribution is 2.55. The van der Waals surface area contributed by atoms with E-state index in [-0.39, 0.29) is 22.9 Å². The lowest BCUT2D eigenvalue weighted by Gasteiger charge is -2.56. The minimum atomic E-state index is -0.394. The molecule has 5 nitrogen and oxygen atoms in total. The van der Waals surface area contributed by atoms with Crippen LogP contribution < -0.4 is 5.32 Å². The van der Waals surface area contributed by atoms with E-state index in [1.807, 2.05) is 0 Å². The lowest BCUT2D eigenvalue weighted by Crippen LogP contribution is -2.59. The van der Waals surface area contributed by atoms with Gasteiger partial charge in [0.1, 0.15) is 5.75 Å². The first-order valence-corrected chi connectivity index (χ1v) is 9.54. The number of carbonyl (C=O) groups excluding carboxylic acids is 1.